The molecule has 130 valence electrons. The van der Waals surface area contributed by atoms with Crippen molar-refractivity contribution in [3.05, 3.63) is 60.0 Å². The van der Waals surface area contributed by atoms with E-state index in [0.717, 1.165) is 17.0 Å². The van der Waals surface area contributed by atoms with Gasteiger partial charge in [-0.3, -0.25) is 0 Å². The third kappa shape index (κ3) is 3.48. The number of carboxylic acid groups (broad SMARTS) is 1. The Kier molecular flexibility index (Phi) is 4.45. The summed E-state index contributed by atoms with van der Waals surface area (Å²) in [6.07, 6.45) is 1.10. The Morgan fingerprint density at radius 3 is 2.64 bits per heavy atom. The van der Waals surface area contributed by atoms with Crippen LogP contribution in [-0.4, -0.2) is 31.1 Å². The second-order valence-corrected chi connectivity index (χ2v) is 7.41. The van der Waals surface area contributed by atoms with Crippen LogP contribution in [0.25, 0.3) is 10.9 Å². The van der Waals surface area contributed by atoms with E-state index in [1.807, 2.05) is 0 Å². The Balaban J connectivity index is 1.93. The lowest BCUT2D eigenvalue weighted by molar-refractivity contribution is 0.194. The second kappa shape index (κ2) is 6.56. The monoisotopic (exact) mass is 362 g/mol. The van der Waals surface area contributed by atoms with Gasteiger partial charge in [-0.05, 0) is 42.3 Å². The molecule has 0 atom stereocenters. The molecule has 0 saturated carbocycles. The maximum atomic E-state index is 13.3. The molecular formula is C17H15FN2O4S. The van der Waals surface area contributed by atoms with Crippen LogP contribution in [-0.2, 0) is 16.3 Å². The predicted molar refractivity (Wildman–Crippen MR) is 89.9 cm³/mol. The van der Waals surface area contributed by atoms with Crippen molar-refractivity contribution in [2.24, 2.45) is 0 Å². The van der Waals surface area contributed by atoms with Gasteiger partial charge in [-0.15, -0.1) is 0 Å². The molecule has 1 aromatic heterocycles. The Morgan fingerprint density at radius 1 is 1.16 bits per heavy atom. The molecular weight excluding hydrogens is 347 g/mol. The van der Waals surface area contributed by atoms with Crippen molar-refractivity contribution >= 4 is 26.8 Å². The molecule has 0 radical (unpaired) electrons. The smallest absolute Gasteiger partial charge is 0.404 e. The minimum atomic E-state index is -3.82. The molecule has 0 fully saturated rings. The summed E-state index contributed by atoms with van der Waals surface area (Å²) >= 11 is 0. The van der Waals surface area contributed by atoms with Crippen LogP contribution < -0.4 is 5.32 Å². The first kappa shape index (κ1) is 17.0. The van der Waals surface area contributed by atoms with Crippen LogP contribution >= 0.6 is 0 Å². The third-order valence-corrected chi connectivity index (χ3v) is 5.58. The normalized spacial score (nSPS) is 11.6. The molecule has 3 N–H and O–H groups in total. The largest absolute Gasteiger partial charge is 0.465 e. The van der Waals surface area contributed by atoms with E-state index in [-0.39, 0.29) is 16.3 Å². The molecule has 2 aromatic carbocycles. The molecule has 0 unspecified atom stereocenters. The lowest BCUT2D eigenvalue weighted by Crippen LogP contribution is -2.23. The highest BCUT2D eigenvalue weighted by molar-refractivity contribution is 7.91. The van der Waals surface area contributed by atoms with Gasteiger partial charge in [-0.1, -0.05) is 12.1 Å². The van der Waals surface area contributed by atoms with Crippen molar-refractivity contribution < 1.29 is 22.7 Å². The summed E-state index contributed by atoms with van der Waals surface area (Å²) in [4.78, 5) is 13.4. The molecule has 3 rings (SSSR count). The maximum Gasteiger partial charge on any atom is 0.404 e. The Hall–Kier alpha value is -2.87. The molecule has 0 saturated heterocycles. The number of sulfone groups is 1. The molecule has 0 aliphatic heterocycles. The first-order chi connectivity index (χ1) is 11.9. The van der Waals surface area contributed by atoms with Gasteiger partial charge in [-0.2, -0.15) is 0 Å². The molecule has 8 heteroatoms. The number of carbonyl (C=O) groups is 1. The summed E-state index contributed by atoms with van der Waals surface area (Å²) < 4.78 is 38.6. The maximum absolute atomic E-state index is 13.3. The summed E-state index contributed by atoms with van der Waals surface area (Å²) in [5.41, 5.74) is 1.49. The van der Waals surface area contributed by atoms with Gasteiger partial charge >= 0.3 is 6.09 Å². The van der Waals surface area contributed by atoms with E-state index in [9.17, 15) is 17.6 Å². The number of H-pyrrole nitrogens is 1. The minimum Gasteiger partial charge on any atom is -0.465 e. The third-order valence-electron chi connectivity index (χ3n) is 3.83. The highest BCUT2D eigenvalue weighted by Gasteiger charge is 2.19. The van der Waals surface area contributed by atoms with Crippen LogP contribution in [0.4, 0.5) is 9.18 Å². The molecule has 0 aliphatic rings. The Bertz CT molecular complexity index is 1040. The molecule has 0 aliphatic carbocycles. The van der Waals surface area contributed by atoms with Gasteiger partial charge < -0.3 is 15.4 Å². The van der Waals surface area contributed by atoms with E-state index in [1.165, 1.54) is 30.3 Å². The van der Waals surface area contributed by atoms with Gasteiger partial charge in [0.15, 0.2) is 0 Å². The molecule has 25 heavy (non-hydrogen) atoms. The zero-order chi connectivity index (χ0) is 18.0. The lowest BCUT2D eigenvalue weighted by Gasteiger charge is -2.06. The molecule has 1 heterocycles. The summed E-state index contributed by atoms with van der Waals surface area (Å²) in [5, 5.41) is 11.7. The average Bonchev–Trinajstić information content (AvgIpc) is 2.97. The van der Waals surface area contributed by atoms with Crippen molar-refractivity contribution in [2.75, 3.05) is 6.54 Å². The number of hydrogen-bond acceptors (Lipinski definition) is 3. The van der Waals surface area contributed by atoms with E-state index in [0.29, 0.717) is 11.9 Å². The second-order valence-electron chi connectivity index (χ2n) is 5.46. The van der Waals surface area contributed by atoms with Gasteiger partial charge in [0, 0.05) is 23.6 Å². The van der Waals surface area contributed by atoms with E-state index in [4.69, 9.17) is 5.11 Å². The highest BCUT2D eigenvalue weighted by Crippen LogP contribution is 2.26. The van der Waals surface area contributed by atoms with Crippen LogP contribution in [0.1, 0.15) is 5.56 Å². The van der Waals surface area contributed by atoms with Crippen molar-refractivity contribution in [1.82, 2.24) is 10.3 Å². The number of halogens is 1. The molecule has 0 bridgehead atoms. The summed E-state index contributed by atoms with van der Waals surface area (Å²) in [5.74, 6) is -0.616. The zero-order valence-electron chi connectivity index (χ0n) is 13.0. The van der Waals surface area contributed by atoms with E-state index in [2.05, 4.69) is 10.3 Å². The van der Waals surface area contributed by atoms with Crippen molar-refractivity contribution in [3.63, 3.8) is 0 Å². The van der Waals surface area contributed by atoms with Crippen molar-refractivity contribution in [2.45, 2.75) is 16.2 Å². The van der Waals surface area contributed by atoms with Crippen molar-refractivity contribution in [1.29, 1.82) is 0 Å². The van der Waals surface area contributed by atoms with Gasteiger partial charge in [0.05, 0.1) is 9.79 Å². The number of amides is 1. The average molecular weight is 362 g/mol. The standard InChI is InChI=1S/C17H15FN2O4S/c18-12-2-1-3-13(8-12)25(23,24)14-4-5-15-11(6-7-19-17(21)22)10-20-16(15)9-14/h1-5,8-10,19-20H,6-7H2,(H,21,22). The summed E-state index contributed by atoms with van der Waals surface area (Å²) in [6, 6.07) is 9.48. The number of rotatable bonds is 5. The number of benzene rings is 2. The summed E-state index contributed by atoms with van der Waals surface area (Å²) in [7, 11) is -3.82. The molecule has 1 amide bonds. The Labute approximate surface area is 143 Å². The number of fused-ring (bicyclic) bond motifs is 1. The topological polar surface area (TPSA) is 99.3 Å². The number of nitrogens with one attached hydrogen (secondary N) is 2. The van der Waals surface area contributed by atoms with Crippen LogP contribution in [0, 0.1) is 5.82 Å². The fourth-order valence-corrected chi connectivity index (χ4v) is 3.93. The zero-order valence-corrected chi connectivity index (χ0v) is 13.8. The predicted octanol–water partition coefficient (Wildman–Crippen LogP) is 2.95. The van der Waals surface area contributed by atoms with Gasteiger partial charge in [0.25, 0.3) is 0 Å². The van der Waals surface area contributed by atoms with Gasteiger partial charge in [-0.25, -0.2) is 17.6 Å². The van der Waals surface area contributed by atoms with Crippen LogP contribution in [0.5, 0.6) is 0 Å². The first-order valence-corrected chi connectivity index (χ1v) is 8.94. The molecule has 6 nitrogen and oxygen atoms in total. The fourth-order valence-electron chi connectivity index (χ4n) is 2.61. The van der Waals surface area contributed by atoms with E-state index in [1.54, 1.807) is 12.3 Å². The van der Waals surface area contributed by atoms with Gasteiger partial charge in [0.2, 0.25) is 9.84 Å². The quantitative estimate of drug-likeness (QED) is 0.650. The molecule has 3 aromatic rings. The number of aromatic nitrogens is 1. The number of aromatic amines is 1. The van der Waals surface area contributed by atoms with E-state index >= 15 is 0 Å². The number of hydrogen-bond donors (Lipinski definition) is 3. The van der Waals surface area contributed by atoms with E-state index < -0.39 is 21.7 Å². The highest BCUT2D eigenvalue weighted by atomic mass is 32.2. The molecule has 0 spiro atoms. The SMILES string of the molecule is O=C(O)NCCc1c[nH]c2cc(S(=O)(=O)c3cccc(F)c3)ccc12. The van der Waals surface area contributed by atoms with Crippen LogP contribution in [0.3, 0.4) is 0 Å². The first-order valence-electron chi connectivity index (χ1n) is 7.45. The minimum absolute atomic E-state index is 0.0580. The van der Waals surface area contributed by atoms with Gasteiger partial charge in [0.1, 0.15) is 5.82 Å². The lowest BCUT2D eigenvalue weighted by atomic mass is 10.1. The van der Waals surface area contributed by atoms with Crippen molar-refractivity contribution in [3.8, 4) is 0 Å². The fraction of sp³-hybridized carbons (Fsp3) is 0.118. The van der Waals surface area contributed by atoms with Crippen LogP contribution in [0.2, 0.25) is 0 Å². The summed E-state index contributed by atoms with van der Waals surface area (Å²) in [6.45, 7) is 0.256. The Morgan fingerprint density at radius 2 is 1.92 bits per heavy atom. The van der Waals surface area contributed by atoms with Crippen LogP contribution in [0.15, 0.2) is 58.5 Å².